The highest BCUT2D eigenvalue weighted by Gasteiger charge is 2.26. The van der Waals surface area contributed by atoms with Crippen molar-refractivity contribution in [3.8, 4) is 5.75 Å². The number of rotatable bonds is 8. The van der Waals surface area contributed by atoms with Crippen LogP contribution in [0.25, 0.3) is 10.2 Å². The van der Waals surface area contributed by atoms with Gasteiger partial charge in [0.2, 0.25) is 5.91 Å². The van der Waals surface area contributed by atoms with E-state index in [2.05, 4.69) is 11.9 Å². The second kappa shape index (κ2) is 10.7. The van der Waals surface area contributed by atoms with Crippen molar-refractivity contribution in [3.05, 3.63) is 92.6 Å². The van der Waals surface area contributed by atoms with Crippen molar-refractivity contribution in [1.29, 1.82) is 0 Å². The number of methoxy groups -OCH3 is 1. The molecular weight excluding hydrogens is 502 g/mol. The van der Waals surface area contributed by atoms with Gasteiger partial charge in [-0.3, -0.25) is 14.2 Å². The Hall–Kier alpha value is -3.07. The van der Waals surface area contributed by atoms with Gasteiger partial charge in [0.15, 0.2) is 5.16 Å². The first-order valence-electron chi connectivity index (χ1n) is 10.8. The Balaban J connectivity index is 1.76. The second-order valence-corrected chi connectivity index (χ2v) is 10.5. The standard InChI is InChI=1S/C26H24ClN3O3S2/c1-5-13-30-25(32)21-15(2)16(3)34-24(21)29-26(30)35-22(17-9-7-6-8-10-17)23(31)28-18-11-12-20(33-4)19(27)14-18/h5-12,14,22H,1,13H2,2-4H3,(H,28,31)/t22-/m1/s1. The zero-order chi connectivity index (χ0) is 25.1. The number of ether oxygens (including phenoxy) is 1. The van der Waals surface area contributed by atoms with Gasteiger partial charge in [-0.25, -0.2) is 4.98 Å². The van der Waals surface area contributed by atoms with E-state index < -0.39 is 5.25 Å². The van der Waals surface area contributed by atoms with Gasteiger partial charge in [0.1, 0.15) is 15.8 Å². The molecule has 1 amide bonds. The minimum Gasteiger partial charge on any atom is -0.495 e. The average molecular weight is 526 g/mol. The Morgan fingerprint density at radius 1 is 1.29 bits per heavy atom. The molecule has 4 aromatic rings. The summed E-state index contributed by atoms with van der Waals surface area (Å²) < 4.78 is 6.77. The summed E-state index contributed by atoms with van der Waals surface area (Å²) in [5.74, 6) is 0.256. The topological polar surface area (TPSA) is 73.2 Å². The number of hydrogen-bond donors (Lipinski definition) is 1. The third-order valence-electron chi connectivity index (χ3n) is 5.55. The van der Waals surface area contributed by atoms with Crippen LogP contribution in [0.15, 0.2) is 71.1 Å². The van der Waals surface area contributed by atoms with Gasteiger partial charge in [0.05, 0.1) is 17.5 Å². The number of aromatic nitrogens is 2. The van der Waals surface area contributed by atoms with Gasteiger partial charge in [-0.2, -0.15) is 0 Å². The van der Waals surface area contributed by atoms with Crippen molar-refractivity contribution in [1.82, 2.24) is 9.55 Å². The van der Waals surface area contributed by atoms with E-state index in [4.69, 9.17) is 21.3 Å². The molecule has 2 aromatic heterocycles. The van der Waals surface area contributed by atoms with E-state index in [1.165, 1.54) is 30.2 Å². The molecule has 6 nitrogen and oxygen atoms in total. The van der Waals surface area contributed by atoms with E-state index in [1.807, 2.05) is 44.2 Å². The molecule has 0 aliphatic heterocycles. The maximum absolute atomic E-state index is 13.5. The molecule has 9 heteroatoms. The van der Waals surface area contributed by atoms with Crippen LogP contribution in [0.3, 0.4) is 0 Å². The van der Waals surface area contributed by atoms with Crippen LogP contribution in [0.1, 0.15) is 21.3 Å². The van der Waals surface area contributed by atoms with E-state index >= 15 is 0 Å². The Labute approximate surface area is 216 Å². The lowest BCUT2D eigenvalue weighted by atomic mass is 10.1. The number of anilines is 1. The van der Waals surface area contributed by atoms with Crippen LogP contribution in [0.4, 0.5) is 5.69 Å². The Bertz CT molecular complexity index is 1460. The molecule has 0 saturated heterocycles. The van der Waals surface area contributed by atoms with Crippen LogP contribution >= 0.6 is 34.7 Å². The monoisotopic (exact) mass is 525 g/mol. The first kappa shape index (κ1) is 25.0. The molecule has 0 unspecified atom stereocenters. The fourth-order valence-electron chi connectivity index (χ4n) is 3.65. The van der Waals surface area contributed by atoms with Gasteiger partial charge in [-0.15, -0.1) is 17.9 Å². The SMILES string of the molecule is C=CCn1c(S[C@@H](C(=O)Nc2ccc(OC)c(Cl)c2)c2ccccc2)nc2sc(C)c(C)c2c1=O. The van der Waals surface area contributed by atoms with E-state index in [0.29, 0.717) is 31.8 Å². The van der Waals surface area contributed by atoms with Crippen molar-refractivity contribution in [2.24, 2.45) is 0 Å². The van der Waals surface area contributed by atoms with E-state index in [0.717, 1.165) is 16.0 Å². The number of thiophene rings is 1. The van der Waals surface area contributed by atoms with Crippen molar-refractivity contribution in [2.75, 3.05) is 12.4 Å². The number of carbonyl (C=O) groups is 1. The normalized spacial score (nSPS) is 11.9. The molecule has 0 fully saturated rings. The zero-order valence-corrected chi connectivity index (χ0v) is 21.9. The Morgan fingerprint density at radius 2 is 2.03 bits per heavy atom. The minimum absolute atomic E-state index is 0.131. The highest BCUT2D eigenvalue weighted by Crippen LogP contribution is 2.37. The molecular formula is C26H24ClN3O3S2. The number of amides is 1. The quantitative estimate of drug-likeness (QED) is 0.164. The molecule has 2 aromatic carbocycles. The second-order valence-electron chi connectivity index (χ2n) is 7.81. The number of aryl methyl sites for hydroxylation is 2. The molecule has 0 aliphatic rings. The minimum atomic E-state index is -0.667. The van der Waals surface area contributed by atoms with Gasteiger partial charge >= 0.3 is 0 Å². The molecule has 0 bridgehead atoms. The number of nitrogens with zero attached hydrogens (tertiary/aromatic N) is 2. The molecule has 0 saturated carbocycles. The molecule has 1 N–H and O–H groups in total. The molecule has 1 atom stereocenters. The number of allylic oxidation sites excluding steroid dienone is 1. The van der Waals surface area contributed by atoms with Crippen LogP contribution in [0, 0.1) is 13.8 Å². The maximum Gasteiger partial charge on any atom is 0.263 e. The summed E-state index contributed by atoms with van der Waals surface area (Å²) in [6, 6.07) is 14.5. The van der Waals surface area contributed by atoms with Crippen LogP contribution in [-0.4, -0.2) is 22.6 Å². The van der Waals surface area contributed by atoms with Crippen LogP contribution in [0.5, 0.6) is 5.75 Å². The maximum atomic E-state index is 13.5. The van der Waals surface area contributed by atoms with Crippen molar-refractivity contribution in [3.63, 3.8) is 0 Å². The lowest BCUT2D eigenvalue weighted by Crippen LogP contribution is -2.25. The number of benzene rings is 2. The number of nitrogens with one attached hydrogen (secondary N) is 1. The molecule has 0 aliphatic carbocycles. The lowest BCUT2D eigenvalue weighted by molar-refractivity contribution is -0.115. The molecule has 180 valence electrons. The summed E-state index contributed by atoms with van der Waals surface area (Å²) in [6.07, 6.45) is 1.66. The van der Waals surface area contributed by atoms with Crippen LogP contribution in [0.2, 0.25) is 5.02 Å². The van der Waals surface area contributed by atoms with Crippen LogP contribution < -0.4 is 15.6 Å². The Kier molecular flexibility index (Phi) is 7.64. The predicted molar refractivity (Wildman–Crippen MR) is 145 cm³/mol. The highest BCUT2D eigenvalue weighted by molar-refractivity contribution is 8.00. The predicted octanol–water partition coefficient (Wildman–Crippen LogP) is 6.39. The van der Waals surface area contributed by atoms with Crippen LogP contribution in [-0.2, 0) is 11.3 Å². The van der Waals surface area contributed by atoms with Gasteiger partial charge in [0, 0.05) is 17.1 Å². The van der Waals surface area contributed by atoms with Gasteiger partial charge < -0.3 is 10.1 Å². The Morgan fingerprint density at radius 3 is 2.69 bits per heavy atom. The number of fused-ring (bicyclic) bond motifs is 1. The van der Waals surface area contributed by atoms with Gasteiger partial charge in [0.25, 0.3) is 5.56 Å². The average Bonchev–Trinajstić information content (AvgIpc) is 3.13. The third-order valence-corrected chi connectivity index (χ3v) is 8.19. The number of thioether (sulfide) groups is 1. The number of carbonyl (C=O) groups excluding carboxylic acids is 1. The fourth-order valence-corrected chi connectivity index (χ4v) is 6.08. The van der Waals surface area contributed by atoms with Crippen molar-refractivity contribution < 1.29 is 9.53 Å². The fraction of sp³-hybridized carbons (Fsp3) is 0.192. The number of halogens is 1. The molecule has 35 heavy (non-hydrogen) atoms. The van der Waals surface area contributed by atoms with Crippen molar-refractivity contribution >= 4 is 56.5 Å². The largest absolute Gasteiger partial charge is 0.495 e. The molecule has 2 heterocycles. The van der Waals surface area contributed by atoms with E-state index in [1.54, 1.807) is 28.8 Å². The van der Waals surface area contributed by atoms with Gasteiger partial charge in [-0.1, -0.05) is 59.8 Å². The van der Waals surface area contributed by atoms with Crippen molar-refractivity contribution in [2.45, 2.75) is 30.8 Å². The summed E-state index contributed by atoms with van der Waals surface area (Å²) in [5.41, 5.74) is 2.13. The number of hydrogen-bond acceptors (Lipinski definition) is 6. The third kappa shape index (κ3) is 5.15. The summed E-state index contributed by atoms with van der Waals surface area (Å²) in [5, 5.41) is 3.74. The zero-order valence-electron chi connectivity index (χ0n) is 19.5. The first-order valence-corrected chi connectivity index (χ1v) is 12.9. The highest BCUT2D eigenvalue weighted by atomic mass is 35.5. The molecule has 0 spiro atoms. The molecule has 0 radical (unpaired) electrons. The lowest BCUT2D eigenvalue weighted by Gasteiger charge is -2.19. The summed E-state index contributed by atoms with van der Waals surface area (Å²) in [7, 11) is 1.53. The molecule has 4 rings (SSSR count). The van der Waals surface area contributed by atoms with E-state index in [9.17, 15) is 9.59 Å². The van der Waals surface area contributed by atoms with E-state index in [-0.39, 0.29) is 18.0 Å². The summed E-state index contributed by atoms with van der Waals surface area (Å²) in [4.78, 5) is 33.4. The summed E-state index contributed by atoms with van der Waals surface area (Å²) >= 11 is 8.96. The smallest absolute Gasteiger partial charge is 0.263 e. The first-order chi connectivity index (χ1) is 16.8. The van der Waals surface area contributed by atoms with Gasteiger partial charge in [-0.05, 0) is 43.2 Å². The summed E-state index contributed by atoms with van der Waals surface area (Å²) in [6.45, 7) is 8.00.